The van der Waals surface area contributed by atoms with Crippen molar-refractivity contribution in [1.29, 1.82) is 0 Å². The van der Waals surface area contributed by atoms with Crippen LogP contribution in [0.1, 0.15) is 17.5 Å². The molecule has 3 rings (SSSR count). The highest BCUT2D eigenvalue weighted by molar-refractivity contribution is 7.86. The lowest BCUT2D eigenvalue weighted by atomic mass is 10.0. The molecule has 1 aromatic carbocycles. The number of hydrogen-bond acceptors (Lipinski definition) is 3. The van der Waals surface area contributed by atoms with E-state index in [4.69, 9.17) is 0 Å². The first-order valence-electron chi connectivity index (χ1n) is 7.20. The van der Waals surface area contributed by atoms with Gasteiger partial charge in [0, 0.05) is 32.7 Å². The van der Waals surface area contributed by atoms with Gasteiger partial charge in [0.2, 0.25) is 0 Å². The van der Waals surface area contributed by atoms with Gasteiger partial charge in [-0.2, -0.15) is 17.0 Å². The van der Waals surface area contributed by atoms with Crippen LogP contribution in [0.15, 0.2) is 24.3 Å². The zero-order chi connectivity index (χ0) is 14.0. The molecule has 1 saturated heterocycles. The summed E-state index contributed by atoms with van der Waals surface area (Å²) in [5, 5.41) is 3.24. The summed E-state index contributed by atoms with van der Waals surface area (Å²) in [5.41, 5.74) is 2.41. The van der Waals surface area contributed by atoms with Crippen molar-refractivity contribution >= 4 is 22.6 Å². The monoisotopic (exact) mass is 331 g/mol. The fraction of sp³-hybridized carbons (Fsp3) is 0.571. The van der Waals surface area contributed by atoms with Crippen molar-refractivity contribution in [2.75, 3.05) is 32.7 Å². The second-order valence-electron chi connectivity index (χ2n) is 5.36. The summed E-state index contributed by atoms with van der Waals surface area (Å²) < 4.78 is 28.7. The molecule has 0 aromatic heterocycles. The van der Waals surface area contributed by atoms with Gasteiger partial charge in [-0.05, 0) is 30.5 Å². The predicted octanol–water partition coefficient (Wildman–Crippen LogP) is 1.01. The van der Waals surface area contributed by atoms with Gasteiger partial charge < -0.3 is 5.32 Å². The molecule has 5 nitrogen and oxygen atoms in total. The molecule has 1 N–H and O–H groups in total. The molecule has 0 radical (unpaired) electrons. The van der Waals surface area contributed by atoms with Gasteiger partial charge in [-0.1, -0.05) is 24.3 Å². The third-order valence-corrected chi connectivity index (χ3v) is 6.03. The van der Waals surface area contributed by atoms with Gasteiger partial charge in [0.15, 0.2) is 0 Å². The van der Waals surface area contributed by atoms with E-state index in [1.54, 1.807) is 8.61 Å². The predicted molar refractivity (Wildman–Crippen MR) is 85.8 cm³/mol. The number of halogens is 1. The number of rotatable bonds is 2. The second-order valence-corrected chi connectivity index (χ2v) is 7.29. The third-order valence-electron chi connectivity index (χ3n) is 4.05. The highest BCUT2D eigenvalue weighted by atomic mass is 35.5. The molecule has 2 heterocycles. The van der Waals surface area contributed by atoms with Crippen molar-refractivity contribution in [3.8, 4) is 0 Å². The average Bonchev–Trinajstić information content (AvgIpc) is 2.76. The molecule has 0 unspecified atom stereocenters. The Balaban J connectivity index is 0.00000161. The van der Waals surface area contributed by atoms with Gasteiger partial charge in [0.1, 0.15) is 0 Å². The Morgan fingerprint density at radius 3 is 2.52 bits per heavy atom. The quantitative estimate of drug-likeness (QED) is 0.880. The van der Waals surface area contributed by atoms with E-state index in [9.17, 15) is 8.42 Å². The molecule has 1 fully saturated rings. The Hall–Kier alpha value is -0.660. The molecule has 2 aliphatic rings. The summed E-state index contributed by atoms with van der Waals surface area (Å²) in [7, 11) is -3.32. The van der Waals surface area contributed by atoms with E-state index < -0.39 is 10.2 Å². The lowest BCUT2D eigenvalue weighted by molar-refractivity contribution is 0.331. The lowest BCUT2D eigenvalue weighted by Crippen LogP contribution is -2.46. The smallest absolute Gasteiger partial charge is 0.282 e. The van der Waals surface area contributed by atoms with Crippen molar-refractivity contribution in [3.05, 3.63) is 35.4 Å². The zero-order valence-electron chi connectivity index (χ0n) is 12.0. The first kappa shape index (κ1) is 16.7. The van der Waals surface area contributed by atoms with E-state index >= 15 is 0 Å². The van der Waals surface area contributed by atoms with E-state index in [0.29, 0.717) is 26.2 Å². The molecule has 2 aliphatic heterocycles. The minimum Gasteiger partial charge on any atom is -0.315 e. The molecule has 0 atom stereocenters. The largest absolute Gasteiger partial charge is 0.315 e. The highest BCUT2D eigenvalue weighted by Gasteiger charge is 2.32. The van der Waals surface area contributed by atoms with Gasteiger partial charge in [0.05, 0.1) is 0 Å². The Bertz CT molecular complexity index is 571. The topological polar surface area (TPSA) is 52.7 Å². The maximum absolute atomic E-state index is 12.7. The average molecular weight is 332 g/mol. The minimum atomic E-state index is -3.32. The Morgan fingerprint density at radius 1 is 0.952 bits per heavy atom. The molecule has 0 aliphatic carbocycles. The fourth-order valence-corrected chi connectivity index (χ4v) is 4.51. The van der Waals surface area contributed by atoms with Crippen LogP contribution in [0.5, 0.6) is 0 Å². The Morgan fingerprint density at radius 2 is 1.71 bits per heavy atom. The molecule has 118 valence electrons. The molecule has 21 heavy (non-hydrogen) atoms. The van der Waals surface area contributed by atoms with Crippen molar-refractivity contribution in [1.82, 2.24) is 13.9 Å². The van der Waals surface area contributed by atoms with Crippen molar-refractivity contribution in [3.63, 3.8) is 0 Å². The van der Waals surface area contributed by atoms with Crippen LogP contribution >= 0.6 is 12.4 Å². The van der Waals surface area contributed by atoms with Crippen LogP contribution in [-0.2, 0) is 23.2 Å². The lowest BCUT2D eigenvalue weighted by Gasteiger charge is -2.32. The number of nitrogens with one attached hydrogen (secondary N) is 1. The van der Waals surface area contributed by atoms with E-state index in [2.05, 4.69) is 11.4 Å². The highest BCUT2D eigenvalue weighted by Crippen LogP contribution is 2.22. The van der Waals surface area contributed by atoms with E-state index in [1.807, 2.05) is 18.2 Å². The summed E-state index contributed by atoms with van der Waals surface area (Å²) in [5.74, 6) is 0. The summed E-state index contributed by atoms with van der Waals surface area (Å²) >= 11 is 0. The van der Waals surface area contributed by atoms with E-state index in [-0.39, 0.29) is 12.4 Å². The zero-order valence-corrected chi connectivity index (χ0v) is 13.6. The summed E-state index contributed by atoms with van der Waals surface area (Å²) in [4.78, 5) is 0. The van der Waals surface area contributed by atoms with Gasteiger partial charge in [-0.25, -0.2) is 0 Å². The van der Waals surface area contributed by atoms with Crippen LogP contribution in [0.2, 0.25) is 0 Å². The summed E-state index contributed by atoms with van der Waals surface area (Å²) in [6.07, 6.45) is 1.69. The normalized spacial score (nSPS) is 21.1. The molecule has 0 bridgehead atoms. The fourth-order valence-electron chi connectivity index (χ4n) is 2.88. The first-order valence-corrected chi connectivity index (χ1v) is 8.60. The maximum atomic E-state index is 12.7. The molecule has 0 saturated carbocycles. The maximum Gasteiger partial charge on any atom is 0.282 e. The molecular formula is C14H22ClN3O2S. The van der Waals surface area contributed by atoms with Crippen molar-refractivity contribution in [2.24, 2.45) is 0 Å². The third kappa shape index (κ3) is 3.57. The van der Waals surface area contributed by atoms with Crippen LogP contribution in [0, 0.1) is 0 Å². The first-order chi connectivity index (χ1) is 9.68. The van der Waals surface area contributed by atoms with Crippen LogP contribution in [0.4, 0.5) is 0 Å². The Kier molecular flexibility index (Phi) is 5.62. The molecule has 0 spiro atoms. The SMILES string of the molecule is Cl.O=S(=O)(N1CCCNCC1)N1CCc2ccccc2C1. The Labute approximate surface area is 132 Å². The number of fused-ring (bicyclic) bond motifs is 1. The van der Waals surface area contributed by atoms with Crippen molar-refractivity contribution < 1.29 is 8.42 Å². The molecule has 7 heteroatoms. The van der Waals surface area contributed by atoms with Gasteiger partial charge >= 0.3 is 0 Å². The van der Waals surface area contributed by atoms with Crippen LogP contribution in [0.25, 0.3) is 0 Å². The van der Waals surface area contributed by atoms with Crippen LogP contribution in [-0.4, -0.2) is 49.8 Å². The van der Waals surface area contributed by atoms with Crippen molar-refractivity contribution in [2.45, 2.75) is 19.4 Å². The molecule has 1 aromatic rings. The molecular weight excluding hydrogens is 310 g/mol. The standard InChI is InChI=1S/C14H21N3O2S.ClH/c18-20(19,16-9-3-7-15-8-11-16)17-10-6-13-4-1-2-5-14(13)12-17;/h1-2,4-5,15H,3,6-12H2;1H. The number of benzene rings is 1. The van der Waals surface area contributed by atoms with Crippen LogP contribution in [0.3, 0.4) is 0 Å². The summed E-state index contributed by atoms with van der Waals surface area (Å²) in [6, 6.07) is 8.12. The van der Waals surface area contributed by atoms with Gasteiger partial charge in [0.25, 0.3) is 10.2 Å². The van der Waals surface area contributed by atoms with E-state index in [0.717, 1.165) is 31.5 Å². The number of hydrogen-bond donors (Lipinski definition) is 1. The molecule has 0 amide bonds. The van der Waals surface area contributed by atoms with Crippen LogP contribution < -0.4 is 5.32 Å². The van der Waals surface area contributed by atoms with Gasteiger partial charge in [-0.3, -0.25) is 0 Å². The second kappa shape index (κ2) is 7.07. The summed E-state index contributed by atoms with van der Waals surface area (Å²) in [6.45, 7) is 3.91. The van der Waals surface area contributed by atoms with E-state index in [1.165, 1.54) is 5.56 Å². The van der Waals surface area contributed by atoms with Gasteiger partial charge in [-0.15, -0.1) is 12.4 Å². The minimum absolute atomic E-state index is 0. The number of nitrogens with zero attached hydrogens (tertiary/aromatic N) is 2.